The largest absolute Gasteiger partial charge is 0.326 e. The SMILES string of the molecule is CC(C)(C)C#Cc1ccc(CN)cn1. The summed E-state index contributed by atoms with van der Waals surface area (Å²) < 4.78 is 0. The normalized spacial score (nSPS) is 10.6. The first-order chi connectivity index (χ1) is 6.51. The molecule has 1 aromatic rings. The van der Waals surface area contributed by atoms with Gasteiger partial charge in [-0.2, -0.15) is 0 Å². The van der Waals surface area contributed by atoms with Crippen LogP contribution in [0.2, 0.25) is 0 Å². The fourth-order valence-corrected chi connectivity index (χ4v) is 0.871. The van der Waals surface area contributed by atoms with Crippen molar-refractivity contribution >= 4 is 0 Å². The number of aromatic nitrogens is 1. The van der Waals surface area contributed by atoms with Gasteiger partial charge in [-0.3, -0.25) is 0 Å². The molecule has 74 valence electrons. The van der Waals surface area contributed by atoms with Crippen molar-refractivity contribution < 1.29 is 0 Å². The number of rotatable bonds is 1. The van der Waals surface area contributed by atoms with E-state index in [0.717, 1.165) is 11.3 Å². The van der Waals surface area contributed by atoms with Crippen molar-refractivity contribution in [3.8, 4) is 11.8 Å². The highest BCUT2D eigenvalue weighted by molar-refractivity contribution is 5.30. The van der Waals surface area contributed by atoms with E-state index in [1.807, 2.05) is 12.1 Å². The minimum atomic E-state index is 0.0220. The summed E-state index contributed by atoms with van der Waals surface area (Å²) in [7, 11) is 0. The first-order valence-corrected chi connectivity index (χ1v) is 4.69. The second-order valence-electron chi connectivity index (χ2n) is 4.26. The molecule has 0 saturated carbocycles. The van der Waals surface area contributed by atoms with Crippen LogP contribution in [0.4, 0.5) is 0 Å². The molecule has 0 spiro atoms. The van der Waals surface area contributed by atoms with Crippen LogP contribution in [-0.2, 0) is 6.54 Å². The zero-order valence-corrected chi connectivity index (χ0v) is 8.96. The predicted octanol–water partition coefficient (Wildman–Crippen LogP) is 1.94. The van der Waals surface area contributed by atoms with Crippen LogP contribution in [0, 0.1) is 17.3 Å². The molecule has 14 heavy (non-hydrogen) atoms. The molecule has 2 heteroatoms. The summed E-state index contributed by atoms with van der Waals surface area (Å²) in [6, 6.07) is 3.86. The number of hydrogen-bond donors (Lipinski definition) is 1. The molecule has 0 aliphatic carbocycles. The van der Waals surface area contributed by atoms with Gasteiger partial charge in [-0.15, -0.1) is 0 Å². The Bertz CT molecular complexity index is 347. The molecule has 0 unspecified atom stereocenters. The molecule has 0 saturated heterocycles. The van der Waals surface area contributed by atoms with Crippen molar-refractivity contribution in [1.82, 2.24) is 4.98 Å². The fourth-order valence-electron chi connectivity index (χ4n) is 0.871. The first kappa shape index (κ1) is 10.7. The summed E-state index contributed by atoms with van der Waals surface area (Å²) in [6.45, 7) is 6.76. The van der Waals surface area contributed by atoms with E-state index in [-0.39, 0.29) is 5.41 Å². The summed E-state index contributed by atoms with van der Waals surface area (Å²) >= 11 is 0. The lowest BCUT2D eigenvalue weighted by molar-refractivity contribution is 0.571. The molecular formula is C12H16N2. The molecular weight excluding hydrogens is 172 g/mol. The molecule has 0 amide bonds. The zero-order valence-electron chi connectivity index (χ0n) is 8.96. The quantitative estimate of drug-likeness (QED) is 0.684. The minimum Gasteiger partial charge on any atom is -0.326 e. The maximum absolute atomic E-state index is 5.47. The van der Waals surface area contributed by atoms with Gasteiger partial charge >= 0.3 is 0 Å². The molecule has 1 rings (SSSR count). The molecule has 0 aliphatic heterocycles. The fraction of sp³-hybridized carbons (Fsp3) is 0.417. The second-order valence-corrected chi connectivity index (χ2v) is 4.26. The minimum absolute atomic E-state index is 0.0220. The van der Waals surface area contributed by atoms with Gasteiger partial charge in [0.05, 0.1) is 0 Å². The van der Waals surface area contributed by atoms with E-state index in [1.165, 1.54) is 0 Å². The number of hydrogen-bond acceptors (Lipinski definition) is 2. The highest BCUT2D eigenvalue weighted by atomic mass is 14.7. The highest BCUT2D eigenvalue weighted by Crippen LogP contribution is 2.10. The molecule has 0 bridgehead atoms. The van der Waals surface area contributed by atoms with Crippen molar-refractivity contribution in [3.63, 3.8) is 0 Å². The van der Waals surface area contributed by atoms with Gasteiger partial charge in [-0.1, -0.05) is 12.0 Å². The Morgan fingerprint density at radius 2 is 2.07 bits per heavy atom. The molecule has 0 radical (unpaired) electrons. The summed E-state index contributed by atoms with van der Waals surface area (Å²) in [5, 5.41) is 0. The van der Waals surface area contributed by atoms with Crippen LogP contribution in [0.5, 0.6) is 0 Å². The Balaban J connectivity index is 2.82. The summed E-state index contributed by atoms with van der Waals surface area (Å²) in [4.78, 5) is 4.20. The van der Waals surface area contributed by atoms with Crippen LogP contribution >= 0.6 is 0 Å². The van der Waals surface area contributed by atoms with E-state index in [4.69, 9.17) is 5.73 Å². The molecule has 1 aromatic heterocycles. The smallest absolute Gasteiger partial charge is 0.113 e. The molecule has 0 fully saturated rings. The van der Waals surface area contributed by atoms with Gasteiger partial charge in [0, 0.05) is 18.2 Å². The van der Waals surface area contributed by atoms with Crippen LogP contribution in [0.1, 0.15) is 32.0 Å². The Labute approximate surface area is 85.5 Å². The number of pyridine rings is 1. The second kappa shape index (κ2) is 4.26. The van der Waals surface area contributed by atoms with E-state index in [0.29, 0.717) is 6.54 Å². The lowest BCUT2D eigenvalue weighted by atomic mass is 9.98. The van der Waals surface area contributed by atoms with Gasteiger partial charge in [-0.05, 0) is 38.3 Å². The third-order valence-electron chi connectivity index (χ3n) is 1.63. The maximum Gasteiger partial charge on any atom is 0.113 e. The average molecular weight is 188 g/mol. The number of nitrogens with two attached hydrogens (primary N) is 1. The molecule has 1 heterocycles. The summed E-state index contributed by atoms with van der Waals surface area (Å²) in [5.41, 5.74) is 7.33. The van der Waals surface area contributed by atoms with Crippen LogP contribution in [0.3, 0.4) is 0 Å². The molecule has 0 atom stereocenters. The Hall–Kier alpha value is -1.33. The van der Waals surface area contributed by atoms with Gasteiger partial charge in [0.15, 0.2) is 0 Å². The standard InChI is InChI=1S/C12H16N2/c1-12(2,3)7-6-11-5-4-10(8-13)9-14-11/h4-5,9H,8,13H2,1-3H3. The van der Waals surface area contributed by atoms with Gasteiger partial charge < -0.3 is 5.73 Å². The van der Waals surface area contributed by atoms with Crippen molar-refractivity contribution in [2.75, 3.05) is 0 Å². The lowest BCUT2D eigenvalue weighted by Gasteiger charge is -2.06. The van der Waals surface area contributed by atoms with Crippen LogP contribution in [0.15, 0.2) is 18.3 Å². The van der Waals surface area contributed by atoms with Gasteiger partial charge in [-0.25, -0.2) is 4.98 Å². The van der Waals surface area contributed by atoms with Crippen molar-refractivity contribution in [2.24, 2.45) is 11.1 Å². The third kappa shape index (κ3) is 3.59. The van der Waals surface area contributed by atoms with E-state index < -0.39 is 0 Å². The first-order valence-electron chi connectivity index (χ1n) is 4.69. The maximum atomic E-state index is 5.47. The highest BCUT2D eigenvalue weighted by Gasteiger charge is 2.03. The van der Waals surface area contributed by atoms with Crippen molar-refractivity contribution in [3.05, 3.63) is 29.6 Å². The monoisotopic (exact) mass is 188 g/mol. The van der Waals surface area contributed by atoms with Crippen molar-refractivity contribution in [2.45, 2.75) is 27.3 Å². The van der Waals surface area contributed by atoms with Gasteiger partial charge in [0.1, 0.15) is 5.69 Å². The van der Waals surface area contributed by atoms with E-state index in [2.05, 4.69) is 37.6 Å². The van der Waals surface area contributed by atoms with E-state index in [1.54, 1.807) is 6.20 Å². The summed E-state index contributed by atoms with van der Waals surface area (Å²) in [6.07, 6.45) is 1.77. The average Bonchev–Trinajstić information content (AvgIpc) is 2.14. The molecule has 0 aromatic carbocycles. The lowest BCUT2D eigenvalue weighted by Crippen LogP contribution is -2.00. The third-order valence-corrected chi connectivity index (χ3v) is 1.63. The van der Waals surface area contributed by atoms with E-state index in [9.17, 15) is 0 Å². The van der Waals surface area contributed by atoms with Crippen LogP contribution in [-0.4, -0.2) is 4.98 Å². The molecule has 0 aliphatic rings. The Morgan fingerprint density at radius 3 is 2.50 bits per heavy atom. The van der Waals surface area contributed by atoms with Crippen LogP contribution < -0.4 is 5.73 Å². The van der Waals surface area contributed by atoms with E-state index >= 15 is 0 Å². The number of nitrogens with zero attached hydrogens (tertiary/aromatic N) is 1. The zero-order chi connectivity index (χ0) is 10.6. The Morgan fingerprint density at radius 1 is 1.36 bits per heavy atom. The topological polar surface area (TPSA) is 38.9 Å². The van der Waals surface area contributed by atoms with Crippen molar-refractivity contribution in [1.29, 1.82) is 0 Å². The molecule has 2 N–H and O–H groups in total. The summed E-state index contributed by atoms with van der Waals surface area (Å²) in [5.74, 6) is 6.17. The molecule has 2 nitrogen and oxygen atoms in total. The van der Waals surface area contributed by atoms with Crippen LogP contribution in [0.25, 0.3) is 0 Å². The van der Waals surface area contributed by atoms with Gasteiger partial charge in [0.2, 0.25) is 0 Å². The Kier molecular flexibility index (Phi) is 3.27. The van der Waals surface area contributed by atoms with Gasteiger partial charge in [0.25, 0.3) is 0 Å². The predicted molar refractivity (Wildman–Crippen MR) is 58.5 cm³/mol.